The van der Waals surface area contributed by atoms with Crippen molar-refractivity contribution in [2.75, 3.05) is 36.4 Å². The second-order valence-electron chi connectivity index (χ2n) is 6.57. The monoisotopic (exact) mass is 403 g/mol. The van der Waals surface area contributed by atoms with Gasteiger partial charge < -0.3 is 15.0 Å². The maximum absolute atomic E-state index is 12.8. The SMILES string of the molecule is CCNC(=O)c1cc(S(=O)(=O)Nc2ccc(N3CCCC3)cc2)ccc1OC. The summed E-state index contributed by atoms with van der Waals surface area (Å²) >= 11 is 0. The molecule has 0 bridgehead atoms. The van der Waals surface area contributed by atoms with Gasteiger partial charge in [0.05, 0.1) is 17.6 Å². The minimum absolute atomic E-state index is 0.00169. The number of nitrogens with one attached hydrogen (secondary N) is 2. The minimum atomic E-state index is -3.84. The van der Waals surface area contributed by atoms with Crippen LogP contribution in [-0.2, 0) is 10.0 Å². The fourth-order valence-corrected chi connectivity index (χ4v) is 4.30. The summed E-state index contributed by atoms with van der Waals surface area (Å²) in [5.74, 6) is -0.0637. The molecule has 0 aliphatic carbocycles. The summed E-state index contributed by atoms with van der Waals surface area (Å²) in [6.45, 7) is 4.28. The standard InChI is InChI=1S/C20H25N3O4S/c1-3-21-20(24)18-14-17(10-11-19(18)27-2)28(25,26)22-15-6-8-16(9-7-15)23-12-4-5-13-23/h6-11,14,22H,3-5,12-13H2,1-2H3,(H,21,24). The van der Waals surface area contributed by atoms with Gasteiger partial charge in [-0.3, -0.25) is 9.52 Å². The second kappa shape index (κ2) is 8.52. The van der Waals surface area contributed by atoms with E-state index in [-0.39, 0.29) is 16.4 Å². The molecule has 0 saturated carbocycles. The van der Waals surface area contributed by atoms with Crippen molar-refractivity contribution in [3.63, 3.8) is 0 Å². The first kappa shape index (κ1) is 20.0. The average molecular weight is 404 g/mol. The van der Waals surface area contributed by atoms with E-state index in [0.29, 0.717) is 18.0 Å². The summed E-state index contributed by atoms with van der Waals surface area (Å²) in [6, 6.07) is 11.6. The molecule has 2 aromatic rings. The van der Waals surface area contributed by atoms with Gasteiger partial charge >= 0.3 is 0 Å². The highest BCUT2D eigenvalue weighted by Crippen LogP contribution is 2.26. The van der Waals surface area contributed by atoms with Gasteiger partial charge in [-0.15, -0.1) is 0 Å². The van der Waals surface area contributed by atoms with Crippen LogP contribution in [0.5, 0.6) is 5.75 Å². The zero-order valence-corrected chi connectivity index (χ0v) is 16.9. The number of rotatable bonds is 7. The number of carbonyl (C=O) groups excluding carboxylic acids is 1. The number of hydrogen-bond acceptors (Lipinski definition) is 5. The summed E-state index contributed by atoms with van der Waals surface area (Å²) in [5, 5.41) is 2.66. The molecule has 0 radical (unpaired) electrons. The van der Waals surface area contributed by atoms with Crippen molar-refractivity contribution in [2.45, 2.75) is 24.7 Å². The highest BCUT2D eigenvalue weighted by atomic mass is 32.2. The van der Waals surface area contributed by atoms with Gasteiger partial charge in [-0.2, -0.15) is 0 Å². The van der Waals surface area contributed by atoms with E-state index in [1.165, 1.54) is 38.2 Å². The van der Waals surface area contributed by atoms with E-state index in [1.54, 1.807) is 19.1 Å². The number of hydrogen-bond donors (Lipinski definition) is 2. The van der Waals surface area contributed by atoms with Crippen molar-refractivity contribution < 1.29 is 17.9 Å². The number of carbonyl (C=O) groups is 1. The molecule has 1 aliphatic rings. The van der Waals surface area contributed by atoms with Crippen LogP contribution >= 0.6 is 0 Å². The van der Waals surface area contributed by atoms with E-state index in [9.17, 15) is 13.2 Å². The van der Waals surface area contributed by atoms with Crippen LogP contribution in [0, 0.1) is 0 Å². The van der Waals surface area contributed by atoms with E-state index in [4.69, 9.17) is 4.74 Å². The summed E-state index contributed by atoms with van der Waals surface area (Å²) < 4.78 is 33.3. The predicted octanol–water partition coefficient (Wildman–Crippen LogP) is 2.85. The van der Waals surface area contributed by atoms with Crippen molar-refractivity contribution in [2.24, 2.45) is 0 Å². The molecule has 0 spiro atoms. The van der Waals surface area contributed by atoms with Gasteiger partial charge in [0.1, 0.15) is 5.75 Å². The molecule has 0 aromatic heterocycles. The molecule has 1 aliphatic heterocycles. The van der Waals surface area contributed by atoms with Crippen LogP contribution in [0.2, 0.25) is 0 Å². The minimum Gasteiger partial charge on any atom is -0.496 e. The van der Waals surface area contributed by atoms with Crippen LogP contribution in [0.1, 0.15) is 30.1 Å². The lowest BCUT2D eigenvalue weighted by Crippen LogP contribution is -2.24. The molecule has 150 valence electrons. The van der Waals surface area contributed by atoms with Crippen molar-refractivity contribution in [3.05, 3.63) is 48.0 Å². The third kappa shape index (κ3) is 4.39. The fraction of sp³-hybridized carbons (Fsp3) is 0.350. The number of benzene rings is 2. The number of nitrogens with zero attached hydrogens (tertiary/aromatic N) is 1. The Morgan fingerprint density at radius 1 is 1.11 bits per heavy atom. The Balaban J connectivity index is 1.82. The Bertz CT molecular complexity index is 936. The van der Waals surface area contributed by atoms with Crippen LogP contribution in [0.25, 0.3) is 0 Å². The molecule has 7 nitrogen and oxygen atoms in total. The Kier molecular flexibility index (Phi) is 6.08. The van der Waals surface area contributed by atoms with E-state index in [1.807, 2.05) is 12.1 Å². The Labute approximate surface area is 165 Å². The second-order valence-corrected chi connectivity index (χ2v) is 8.25. The number of amides is 1. The first-order valence-corrected chi connectivity index (χ1v) is 10.8. The zero-order valence-electron chi connectivity index (χ0n) is 16.1. The van der Waals surface area contributed by atoms with E-state index >= 15 is 0 Å². The summed E-state index contributed by atoms with van der Waals surface area (Å²) in [4.78, 5) is 14.5. The lowest BCUT2D eigenvalue weighted by molar-refractivity contribution is 0.0952. The number of ether oxygens (including phenoxy) is 1. The Morgan fingerprint density at radius 2 is 1.79 bits per heavy atom. The first-order valence-electron chi connectivity index (χ1n) is 9.28. The number of sulfonamides is 1. The summed E-state index contributed by atoms with van der Waals surface area (Å²) in [6.07, 6.45) is 2.36. The van der Waals surface area contributed by atoms with Crippen LogP contribution in [0.4, 0.5) is 11.4 Å². The summed E-state index contributed by atoms with van der Waals surface area (Å²) in [5.41, 5.74) is 1.73. The van der Waals surface area contributed by atoms with Crippen LogP contribution in [0.15, 0.2) is 47.4 Å². The average Bonchev–Trinajstić information content (AvgIpc) is 3.22. The van der Waals surface area contributed by atoms with Crippen molar-refractivity contribution in [1.29, 1.82) is 0 Å². The molecular formula is C20H25N3O4S. The van der Waals surface area contributed by atoms with Crippen molar-refractivity contribution in [1.82, 2.24) is 5.32 Å². The van der Waals surface area contributed by atoms with Gasteiger partial charge in [0, 0.05) is 31.0 Å². The topological polar surface area (TPSA) is 87.7 Å². The molecule has 2 N–H and O–H groups in total. The van der Waals surface area contributed by atoms with Gasteiger partial charge in [-0.05, 0) is 62.2 Å². The lowest BCUT2D eigenvalue weighted by Gasteiger charge is -2.18. The largest absolute Gasteiger partial charge is 0.496 e. The first-order chi connectivity index (χ1) is 13.4. The highest BCUT2D eigenvalue weighted by molar-refractivity contribution is 7.92. The fourth-order valence-electron chi connectivity index (χ4n) is 3.22. The third-order valence-corrected chi connectivity index (χ3v) is 6.03. The van der Waals surface area contributed by atoms with Gasteiger partial charge in [-0.1, -0.05) is 0 Å². The van der Waals surface area contributed by atoms with Crippen molar-refractivity contribution >= 4 is 27.3 Å². The normalized spacial score (nSPS) is 14.0. The molecular weight excluding hydrogens is 378 g/mol. The van der Waals surface area contributed by atoms with Gasteiger partial charge in [-0.25, -0.2) is 8.42 Å². The highest BCUT2D eigenvalue weighted by Gasteiger charge is 2.20. The number of anilines is 2. The van der Waals surface area contributed by atoms with E-state index in [0.717, 1.165) is 18.8 Å². The zero-order chi connectivity index (χ0) is 20.1. The molecule has 28 heavy (non-hydrogen) atoms. The molecule has 1 fully saturated rings. The van der Waals surface area contributed by atoms with E-state index in [2.05, 4.69) is 14.9 Å². The predicted molar refractivity (Wildman–Crippen MR) is 110 cm³/mol. The molecule has 1 amide bonds. The van der Waals surface area contributed by atoms with Gasteiger partial charge in [0.2, 0.25) is 0 Å². The Hall–Kier alpha value is -2.74. The van der Waals surface area contributed by atoms with Gasteiger partial charge in [0.15, 0.2) is 0 Å². The summed E-state index contributed by atoms with van der Waals surface area (Å²) in [7, 11) is -2.40. The smallest absolute Gasteiger partial charge is 0.261 e. The van der Waals surface area contributed by atoms with Crippen LogP contribution in [0.3, 0.4) is 0 Å². The quantitative estimate of drug-likeness (QED) is 0.742. The van der Waals surface area contributed by atoms with Crippen molar-refractivity contribution in [3.8, 4) is 5.75 Å². The molecule has 1 saturated heterocycles. The van der Waals surface area contributed by atoms with Crippen LogP contribution in [-0.4, -0.2) is 41.1 Å². The third-order valence-electron chi connectivity index (χ3n) is 4.65. The maximum Gasteiger partial charge on any atom is 0.261 e. The van der Waals surface area contributed by atoms with E-state index < -0.39 is 10.0 Å². The molecule has 1 heterocycles. The number of methoxy groups -OCH3 is 1. The van der Waals surface area contributed by atoms with Gasteiger partial charge in [0.25, 0.3) is 15.9 Å². The lowest BCUT2D eigenvalue weighted by atomic mass is 10.2. The maximum atomic E-state index is 12.8. The molecule has 8 heteroatoms. The molecule has 0 atom stereocenters. The molecule has 2 aromatic carbocycles. The van der Waals surface area contributed by atoms with Crippen LogP contribution < -0.4 is 19.7 Å². The Morgan fingerprint density at radius 3 is 2.39 bits per heavy atom. The molecule has 0 unspecified atom stereocenters. The molecule has 3 rings (SSSR count).